The number of carbonyl (C=O) groups excluding carboxylic acids is 1. The highest BCUT2D eigenvalue weighted by atomic mass is 16.5. The van der Waals surface area contributed by atoms with E-state index in [0.29, 0.717) is 31.2 Å². The lowest BCUT2D eigenvalue weighted by Crippen LogP contribution is -2.63. The molecule has 1 aromatic carbocycles. The summed E-state index contributed by atoms with van der Waals surface area (Å²) in [5.74, 6) is 0.0862. The van der Waals surface area contributed by atoms with Gasteiger partial charge in [0.25, 0.3) is 0 Å². The maximum atomic E-state index is 12.1. The first-order chi connectivity index (χ1) is 15.5. The molecule has 3 rings (SSSR count). The van der Waals surface area contributed by atoms with Crippen molar-refractivity contribution in [3.63, 3.8) is 0 Å². The van der Waals surface area contributed by atoms with Crippen molar-refractivity contribution in [3.05, 3.63) is 29.8 Å². The number of amides is 1. The summed E-state index contributed by atoms with van der Waals surface area (Å²) >= 11 is 0. The Morgan fingerprint density at radius 1 is 0.882 bits per heavy atom. The molecule has 0 atom stereocenters. The number of ether oxygens (including phenoxy) is 1. The van der Waals surface area contributed by atoms with Gasteiger partial charge in [0.1, 0.15) is 6.10 Å². The standard InChI is InChI=1S/C26H42N4O4/c1-23(2)13-20(14-24(3,4)29(23)32)28(17-31)19-11-9-18(10-12-19)22(27)34-21-15-25(5,6)30(33)26(7,8)16-21/h9-12,17,20-21,27,32-33H,13-16H2,1-8H3. The molecule has 0 spiro atoms. The molecule has 190 valence electrons. The van der Waals surface area contributed by atoms with Crippen LogP contribution in [-0.2, 0) is 9.53 Å². The van der Waals surface area contributed by atoms with Gasteiger partial charge in [-0.25, -0.2) is 0 Å². The molecule has 2 aliphatic heterocycles. The third-order valence-electron chi connectivity index (χ3n) is 7.44. The summed E-state index contributed by atoms with van der Waals surface area (Å²) in [5, 5.41) is 32.4. The molecular formula is C26H42N4O4. The SMILES string of the molecule is CC1(C)CC(OC(=N)c2ccc(N(C=O)C3CC(C)(C)N(O)C(C)(C)C3)cc2)CC(C)(C)N1O. The van der Waals surface area contributed by atoms with Crippen LogP contribution in [0.3, 0.4) is 0 Å². The van der Waals surface area contributed by atoms with E-state index in [-0.39, 0.29) is 18.0 Å². The van der Waals surface area contributed by atoms with Gasteiger partial charge in [-0.15, -0.1) is 0 Å². The van der Waals surface area contributed by atoms with Gasteiger partial charge in [0.2, 0.25) is 12.3 Å². The number of hydrogen-bond donors (Lipinski definition) is 3. The molecule has 34 heavy (non-hydrogen) atoms. The maximum Gasteiger partial charge on any atom is 0.214 e. The molecule has 2 saturated heterocycles. The molecule has 0 aliphatic carbocycles. The fourth-order valence-electron chi connectivity index (χ4n) is 6.05. The molecular weight excluding hydrogens is 432 g/mol. The second kappa shape index (κ2) is 8.90. The van der Waals surface area contributed by atoms with Crippen molar-refractivity contribution in [3.8, 4) is 0 Å². The van der Waals surface area contributed by atoms with Gasteiger partial charge in [0.05, 0.1) is 0 Å². The van der Waals surface area contributed by atoms with Gasteiger partial charge >= 0.3 is 0 Å². The highest BCUT2D eigenvalue weighted by Crippen LogP contribution is 2.40. The summed E-state index contributed by atoms with van der Waals surface area (Å²) in [6.07, 6.45) is 3.18. The molecule has 1 aromatic rings. The van der Waals surface area contributed by atoms with Crippen molar-refractivity contribution < 1.29 is 19.9 Å². The van der Waals surface area contributed by atoms with Crippen LogP contribution < -0.4 is 4.90 Å². The molecule has 0 aromatic heterocycles. The Bertz CT molecular complexity index is 874. The molecule has 3 N–H and O–H groups in total. The zero-order chi connectivity index (χ0) is 25.7. The minimum absolute atomic E-state index is 0.0550. The average Bonchev–Trinajstić information content (AvgIpc) is 2.70. The van der Waals surface area contributed by atoms with E-state index in [1.807, 2.05) is 79.7 Å². The van der Waals surface area contributed by atoms with Gasteiger partial charge < -0.3 is 20.1 Å². The molecule has 2 fully saturated rings. The van der Waals surface area contributed by atoms with Crippen LogP contribution in [0.4, 0.5) is 5.69 Å². The van der Waals surface area contributed by atoms with Crippen molar-refractivity contribution in [1.29, 1.82) is 5.41 Å². The second-order valence-corrected chi connectivity index (χ2v) is 12.5. The van der Waals surface area contributed by atoms with Crippen molar-refractivity contribution in [1.82, 2.24) is 10.1 Å². The molecule has 8 nitrogen and oxygen atoms in total. The first kappa shape index (κ1) is 26.6. The fourth-order valence-corrected chi connectivity index (χ4v) is 6.05. The third-order valence-corrected chi connectivity index (χ3v) is 7.44. The topological polar surface area (TPSA) is 100 Å². The number of nitrogens with zero attached hydrogens (tertiary/aromatic N) is 3. The minimum Gasteiger partial charge on any atom is -0.474 e. The number of nitrogens with one attached hydrogen (secondary N) is 1. The number of carbonyl (C=O) groups is 1. The Labute approximate surface area is 203 Å². The Kier molecular flexibility index (Phi) is 6.96. The number of anilines is 1. The second-order valence-electron chi connectivity index (χ2n) is 12.5. The van der Waals surface area contributed by atoms with Crippen LogP contribution in [0.5, 0.6) is 0 Å². The fraction of sp³-hybridized carbons (Fsp3) is 0.692. The lowest BCUT2D eigenvalue weighted by molar-refractivity contribution is -0.255. The molecule has 2 heterocycles. The maximum absolute atomic E-state index is 12.1. The van der Waals surface area contributed by atoms with E-state index in [0.717, 1.165) is 12.1 Å². The number of rotatable bonds is 5. The Morgan fingerprint density at radius 2 is 1.29 bits per heavy atom. The van der Waals surface area contributed by atoms with E-state index >= 15 is 0 Å². The lowest BCUT2D eigenvalue weighted by Gasteiger charge is -2.53. The van der Waals surface area contributed by atoms with Crippen LogP contribution in [0.25, 0.3) is 0 Å². The average molecular weight is 475 g/mol. The molecule has 2 aliphatic rings. The summed E-state index contributed by atoms with van der Waals surface area (Å²) < 4.78 is 6.04. The van der Waals surface area contributed by atoms with Crippen molar-refractivity contribution in [2.45, 2.75) is 115 Å². The van der Waals surface area contributed by atoms with E-state index in [1.54, 1.807) is 4.90 Å². The Morgan fingerprint density at radius 3 is 1.71 bits per heavy atom. The van der Waals surface area contributed by atoms with Crippen molar-refractivity contribution >= 4 is 18.0 Å². The summed E-state index contributed by atoms with van der Waals surface area (Å²) in [4.78, 5) is 13.8. The minimum atomic E-state index is -0.463. The Balaban J connectivity index is 1.73. The highest BCUT2D eigenvalue weighted by molar-refractivity contribution is 5.92. The van der Waals surface area contributed by atoms with Crippen molar-refractivity contribution in [2.24, 2.45) is 0 Å². The molecule has 0 bridgehead atoms. The van der Waals surface area contributed by atoms with E-state index in [2.05, 4.69) is 0 Å². The summed E-state index contributed by atoms with van der Waals surface area (Å²) in [6.45, 7) is 15.8. The number of hydrogen-bond acceptors (Lipinski definition) is 7. The van der Waals surface area contributed by atoms with Crippen LogP contribution in [0.15, 0.2) is 24.3 Å². The van der Waals surface area contributed by atoms with Gasteiger partial charge in [0.15, 0.2) is 0 Å². The van der Waals surface area contributed by atoms with E-state index in [4.69, 9.17) is 10.1 Å². The first-order valence-electron chi connectivity index (χ1n) is 12.1. The smallest absolute Gasteiger partial charge is 0.214 e. The molecule has 0 saturated carbocycles. The van der Waals surface area contributed by atoms with Crippen LogP contribution in [-0.4, -0.2) is 67.2 Å². The Hall–Kier alpha value is -2.00. The van der Waals surface area contributed by atoms with E-state index < -0.39 is 22.2 Å². The highest BCUT2D eigenvalue weighted by Gasteiger charge is 2.47. The van der Waals surface area contributed by atoms with Gasteiger partial charge in [0, 0.05) is 52.3 Å². The third kappa shape index (κ3) is 5.15. The summed E-state index contributed by atoms with van der Waals surface area (Å²) in [6, 6.07) is 7.25. The van der Waals surface area contributed by atoms with E-state index in [1.165, 1.54) is 10.1 Å². The lowest BCUT2D eigenvalue weighted by atomic mass is 9.78. The zero-order valence-corrected chi connectivity index (χ0v) is 21.9. The van der Waals surface area contributed by atoms with Gasteiger partial charge in [-0.3, -0.25) is 10.2 Å². The molecule has 0 unspecified atom stereocenters. The molecule has 8 heteroatoms. The van der Waals surface area contributed by atoms with Crippen LogP contribution >= 0.6 is 0 Å². The molecule has 0 radical (unpaired) electrons. The monoisotopic (exact) mass is 474 g/mol. The van der Waals surface area contributed by atoms with Crippen LogP contribution in [0.2, 0.25) is 0 Å². The summed E-state index contributed by atoms with van der Waals surface area (Å²) in [5.41, 5.74) is -0.433. The zero-order valence-electron chi connectivity index (χ0n) is 21.9. The first-order valence-corrected chi connectivity index (χ1v) is 12.1. The number of piperidine rings is 2. The summed E-state index contributed by atoms with van der Waals surface area (Å²) in [7, 11) is 0. The van der Waals surface area contributed by atoms with Crippen molar-refractivity contribution in [2.75, 3.05) is 4.90 Å². The predicted molar refractivity (Wildman–Crippen MR) is 133 cm³/mol. The number of hydroxylamine groups is 4. The quantitative estimate of drug-likeness (QED) is 0.322. The normalized spacial score (nSPS) is 25.0. The van der Waals surface area contributed by atoms with E-state index in [9.17, 15) is 15.2 Å². The van der Waals surface area contributed by atoms with Gasteiger partial charge in [-0.05, 0) is 92.5 Å². The number of benzene rings is 1. The predicted octanol–water partition coefficient (Wildman–Crippen LogP) is 4.81. The van der Waals surface area contributed by atoms with Gasteiger partial charge in [-0.2, -0.15) is 10.1 Å². The largest absolute Gasteiger partial charge is 0.474 e. The van der Waals surface area contributed by atoms with Crippen LogP contribution in [0, 0.1) is 5.41 Å². The van der Waals surface area contributed by atoms with Gasteiger partial charge in [-0.1, -0.05) is 0 Å². The molecule has 1 amide bonds. The van der Waals surface area contributed by atoms with Crippen LogP contribution in [0.1, 0.15) is 86.6 Å².